The number of anilines is 3. The van der Waals surface area contributed by atoms with Crippen molar-refractivity contribution in [3.63, 3.8) is 0 Å². The highest BCUT2D eigenvalue weighted by molar-refractivity contribution is 6.17. The topological polar surface area (TPSA) is 29.5 Å². The van der Waals surface area contributed by atoms with Gasteiger partial charge in [-0.25, -0.2) is 0 Å². The minimum atomic E-state index is -0.166. The molecule has 0 saturated carbocycles. The Kier molecular flexibility index (Phi) is 7.58. The summed E-state index contributed by atoms with van der Waals surface area (Å²) >= 11 is 0. The van der Waals surface area contributed by atoms with Crippen LogP contribution < -0.4 is 4.90 Å². The quantitative estimate of drug-likeness (QED) is 0.169. The summed E-state index contributed by atoms with van der Waals surface area (Å²) in [6, 6.07) is 72.0. The van der Waals surface area contributed by atoms with Crippen LogP contribution in [0.25, 0.3) is 88.4 Å². The molecule has 0 N–H and O–H groups in total. The van der Waals surface area contributed by atoms with Gasteiger partial charge in [-0.2, -0.15) is 0 Å². The van der Waals surface area contributed by atoms with E-state index in [2.05, 4.69) is 201 Å². The molecule has 284 valence electrons. The number of hydrogen-bond acceptors (Lipinski definition) is 3. The summed E-state index contributed by atoms with van der Waals surface area (Å²) < 4.78 is 13.1. The van der Waals surface area contributed by atoms with Crippen molar-refractivity contribution in [1.29, 1.82) is 0 Å². The van der Waals surface area contributed by atoms with E-state index in [-0.39, 0.29) is 5.41 Å². The van der Waals surface area contributed by atoms with Crippen molar-refractivity contribution in [2.24, 2.45) is 0 Å². The zero-order valence-corrected chi connectivity index (χ0v) is 33.3. The van der Waals surface area contributed by atoms with Gasteiger partial charge in [0.15, 0.2) is 0 Å². The van der Waals surface area contributed by atoms with E-state index in [4.69, 9.17) is 8.83 Å². The molecule has 1 aliphatic carbocycles. The second-order valence-electron chi connectivity index (χ2n) is 16.4. The third-order valence-electron chi connectivity index (χ3n) is 12.7. The van der Waals surface area contributed by atoms with Crippen LogP contribution in [0.5, 0.6) is 0 Å². The molecule has 0 radical (unpaired) electrons. The molecule has 60 heavy (non-hydrogen) atoms. The third kappa shape index (κ3) is 5.22. The maximum atomic E-state index is 6.59. The van der Waals surface area contributed by atoms with Crippen LogP contribution >= 0.6 is 0 Å². The lowest BCUT2D eigenvalue weighted by molar-refractivity contribution is 0.660. The van der Waals surface area contributed by atoms with Crippen molar-refractivity contribution in [2.75, 3.05) is 4.90 Å². The molecular formula is C57H39NO2. The normalized spacial score (nSPS) is 13.0. The van der Waals surface area contributed by atoms with Crippen LogP contribution in [0.2, 0.25) is 0 Å². The van der Waals surface area contributed by atoms with E-state index in [1.807, 2.05) is 18.2 Å². The van der Waals surface area contributed by atoms with Gasteiger partial charge in [-0.05, 0) is 99.1 Å². The lowest BCUT2D eigenvalue weighted by Gasteiger charge is -2.30. The van der Waals surface area contributed by atoms with Crippen molar-refractivity contribution in [3.8, 4) is 44.5 Å². The molecule has 9 aromatic carbocycles. The molecule has 0 spiro atoms. The monoisotopic (exact) mass is 769 g/mol. The Hall–Kier alpha value is -7.62. The lowest BCUT2D eigenvalue weighted by atomic mass is 9.82. The fraction of sp³-hybridized carbons (Fsp3) is 0.0526. The molecule has 0 saturated heterocycles. The maximum Gasteiger partial charge on any atom is 0.143 e. The van der Waals surface area contributed by atoms with Gasteiger partial charge in [-0.1, -0.05) is 159 Å². The molecule has 1 aliphatic rings. The van der Waals surface area contributed by atoms with Crippen molar-refractivity contribution < 1.29 is 8.83 Å². The van der Waals surface area contributed by atoms with Crippen molar-refractivity contribution in [2.45, 2.75) is 19.3 Å². The number of rotatable bonds is 6. The lowest BCUT2D eigenvalue weighted by Crippen LogP contribution is -2.17. The molecule has 0 fully saturated rings. The van der Waals surface area contributed by atoms with Gasteiger partial charge >= 0.3 is 0 Å². The Bertz CT molecular complexity index is 3460. The fourth-order valence-corrected chi connectivity index (χ4v) is 9.79. The molecule has 11 aromatic rings. The average Bonchev–Trinajstić information content (AvgIpc) is 3.95. The predicted octanol–water partition coefficient (Wildman–Crippen LogP) is 16.3. The van der Waals surface area contributed by atoms with E-state index in [9.17, 15) is 0 Å². The summed E-state index contributed by atoms with van der Waals surface area (Å²) in [4.78, 5) is 2.44. The number of benzene rings is 9. The first kappa shape index (κ1) is 34.4. The van der Waals surface area contributed by atoms with Crippen molar-refractivity contribution in [3.05, 3.63) is 211 Å². The molecule has 2 heterocycles. The Balaban J connectivity index is 1.11. The third-order valence-corrected chi connectivity index (χ3v) is 12.7. The number of para-hydroxylation sites is 3. The summed E-state index contributed by atoms with van der Waals surface area (Å²) in [5.41, 5.74) is 18.6. The van der Waals surface area contributed by atoms with E-state index < -0.39 is 0 Å². The van der Waals surface area contributed by atoms with Crippen LogP contribution in [-0.2, 0) is 5.41 Å². The molecule has 0 aliphatic heterocycles. The molecule has 12 rings (SSSR count). The maximum absolute atomic E-state index is 6.59. The van der Waals surface area contributed by atoms with Crippen molar-refractivity contribution in [1.82, 2.24) is 0 Å². The van der Waals surface area contributed by atoms with Gasteiger partial charge < -0.3 is 13.7 Å². The van der Waals surface area contributed by atoms with Gasteiger partial charge in [0.05, 0.1) is 5.69 Å². The van der Waals surface area contributed by atoms with E-state index >= 15 is 0 Å². The molecule has 0 atom stereocenters. The van der Waals surface area contributed by atoms with Gasteiger partial charge in [0.2, 0.25) is 0 Å². The largest absolute Gasteiger partial charge is 0.456 e. The Morgan fingerprint density at radius 2 is 1.02 bits per heavy atom. The smallest absolute Gasteiger partial charge is 0.143 e. The number of fused-ring (bicyclic) bond motifs is 9. The fourth-order valence-electron chi connectivity index (χ4n) is 9.79. The highest BCUT2D eigenvalue weighted by atomic mass is 16.3. The van der Waals surface area contributed by atoms with Crippen LogP contribution in [0, 0.1) is 0 Å². The molecule has 0 bridgehead atoms. The Labute approximate surface area is 348 Å². The number of hydrogen-bond donors (Lipinski definition) is 0. The minimum absolute atomic E-state index is 0.166. The van der Waals surface area contributed by atoms with E-state index in [1.54, 1.807) is 0 Å². The first-order valence-electron chi connectivity index (χ1n) is 20.7. The van der Waals surface area contributed by atoms with E-state index in [0.29, 0.717) is 0 Å². The second kappa shape index (κ2) is 13.2. The predicted molar refractivity (Wildman–Crippen MR) is 250 cm³/mol. The van der Waals surface area contributed by atoms with Crippen LogP contribution in [-0.4, -0.2) is 0 Å². The van der Waals surface area contributed by atoms with Crippen molar-refractivity contribution >= 4 is 60.9 Å². The first-order valence-corrected chi connectivity index (χ1v) is 20.7. The zero-order valence-electron chi connectivity index (χ0n) is 33.3. The highest BCUT2D eigenvalue weighted by Gasteiger charge is 2.36. The molecule has 0 amide bonds. The van der Waals surface area contributed by atoms with Gasteiger partial charge in [0.1, 0.15) is 22.3 Å². The first-order chi connectivity index (χ1) is 29.5. The standard InChI is InChI=1S/C57H39NO2/c1-57(2)48-23-9-6-18-43(48)44-31-30-41(35-49(44)57)58(40-28-26-37(27-29-40)42-21-13-22-46-45-19-7-10-24-51(45)60-56(42)46)50-32-33-53-55(47-20-8-11-25-52(47)59-53)54(50)39-17-12-16-38(34-39)36-14-4-3-5-15-36/h3-35H,1-2H3. The summed E-state index contributed by atoms with van der Waals surface area (Å²) in [6.45, 7) is 4.70. The molecule has 0 unspecified atom stereocenters. The Morgan fingerprint density at radius 3 is 1.87 bits per heavy atom. The van der Waals surface area contributed by atoms with Crippen LogP contribution in [0.3, 0.4) is 0 Å². The van der Waals surface area contributed by atoms with Crippen LogP contribution in [0.1, 0.15) is 25.0 Å². The van der Waals surface area contributed by atoms with Gasteiger partial charge in [-0.3, -0.25) is 0 Å². The highest BCUT2D eigenvalue weighted by Crippen LogP contribution is 2.53. The SMILES string of the molecule is CC1(C)c2ccccc2-c2ccc(N(c3ccc(-c4cccc5c4oc4ccccc45)cc3)c3ccc4oc5ccccc5c4c3-c3cccc(-c4ccccc4)c3)cc21. The van der Waals surface area contributed by atoms with Gasteiger partial charge in [0.25, 0.3) is 0 Å². The minimum Gasteiger partial charge on any atom is -0.456 e. The summed E-state index contributed by atoms with van der Waals surface area (Å²) in [5, 5.41) is 4.44. The van der Waals surface area contributed by atoms with E-state index in [0.717, 1.165) is 88.8 Å². The molecule has 2 aromatic heterocycles. The molecular weight excluding hydrogens is 731 g/mol. The van der Waals surface area contributed by atoms with E-state index in [1.165, 1.54) is 27.8 Å². The van der Waals surface area contributed by atoms with Gasteiger partial charge in [0, 0.05) is 49.5 Å². The Morgan fingerprint density at radius 1 is 0.383 bits per heavy atom. The molecule has 3 nitrogen and oxygen atoms in total. The molecule has 3 heteroatoms. The zero-order chi connectivity index (χ0) is 40.0. The summed E-state index contributed by atoms with van der Waals surface area (Å²) in [6.07, 6.45) is 0. The summed E-state index contributed by atoms with van der Waals surface area (Å²) in [7, 11) is 0. The number of furan rings is 2. The van der Waals surface area contributed by atoms with Gasteiger partial charge in [-0.15, -0.1) is 0 Å². The van der Waals surface area contributed by atoms with Crippen LogP contribution in [0.4, 0.5) is 17.1 Å². The number of nitrogens with zero attached hydrogens (tertiary/aromatic N) is 1. The average molecular weight is 770 g/mol. The second-order valence-corrected chi connectivity index (χ2v) is 16.4. The summed E-state index contributed by atoms with van der Waals surface area (Å²) in [5.74, 6) is 0. The van der Waals surface area contributed by atoms with Crippen LogP contribution in [0.15, 0.2) is 209 Å².